The van der Waals surface area contributed by atoms with Gasteiger partial charge in [-0.2, -0.15) is 0 Å². The van der Waals surface area contributed by atoms with Crippen LogP contribution in [0.15, 0.2) is 36.5 Å². The molecule has 0 saturated heterocycles. The second kappa shape index (κ2) is 31.1. The molecule has 0 rings (SSSR count). The lowest BCUT2D eigenvalue weighted by Crippen LogP contribution is -2.45. The minimum absolute atomic E-state index is 0.0864. The Bertz CT molecular complexity index is 599. The van der Waals surface area contributed by atoms with E-state index in [2.05, 4.69) is 43.5 Å². The minimum Gasteiger partial charge on any atom is -0.394 e. The number of carbonyl (C=O) groups is 1. The van der Waals surface area contributed by atoms with Gasteiger partial charge >= 0.3 is 0 Å². The Balaban J connectivity index is 3.70. The molecule has 0 radical (unpaired) electrons. The van der Waals surface area contributed by atoms with Crippen LogP contribution in [0.4, 0.5) is 0 Å². The van der Waals surface area contributed by atoms with Gasteiger partial charge in [0.1, 0.15) is 0 Å². The van der Waals surface area contributed by atoms with Gasteiger partial charge in [0.2, 0.25) is 5.91 Å². The van der Waals surface area contributed by atoms with Crippen LogP contribution in [-0.2, 0) is 4.79 Å². The van der Waals surface area contributed by atoms with Crippen LogP contribution in [0.25, 0.3) is 0 Å². The maximum atomic E-state index is 12.2. The Kier molecular flexibility index (Phi) is 30.0. The highest BCUT2D eigenvalue weighted by Crippen LogP contribution is 2.11. The van der Waals surface area contributed by atoms with Crippen LogP contribution >= 0.6 is 0 Å². The van der Waals surface area contributed by atoms with E-state index in [1.165, 1.54) is 96.3 Å². The van der Waals surface area contributed by atoms with Crippen molar-refractivity contribution in [1.29, 1.82) is 0 Å². The van der Waals surface area contributed by atoms with Crippen molar-refractivity contribution in [3.8, 4) is 0 Å². The molecular weight excluding hydrogens is 482 g/mol. The van der Waals surface area contributed by atoms with Crippen molar-refractivity contribution in [2.24, 2.45) is 0 Å². The smallest absolute Gasteiger partial charge is 0.220 e. The molecule has 0 aliphatic heterocycles. The van der Waals surface area contributed by atoms with Crippen molar-refractivity contribution in [3.63, 3.8) is 0 Å². The quantitative estimate of drug-likeness (QED) is 0.0645. The van der Waals surface area contributed by atoms with Crippen molar-refractivity contribution in [2.75, 3.05) is 6.61 Å². The zero-order valence-corrected chi connectivity index (χ0v) is 25.9. The van der Waals surface area contributed by atoms with Crippen LogP contribution in [0, 0.1) is 0 Å². The molecule has 0 aromatic carbocycles. The summed E-state index contributed by atoms with van der Waals surface area (Å²) in [4.78, 5) is 12.2. The Hall–Kier alpha value is -1.39. The fourth-order valence-electron chi connectivity index (χ4n) is 4.71. The number of unbranched alkanes of at least 4 members (excludes halogenated alkanes) is 18. The van der Waals surface area contributed by atoms with Gasteiger partial charge in [-0.05, 0) is 57.8 Å². The van der Waals surface area contributed by atoms with Gasteiger partial charge in [0.05, 0.1) is 18.8 Å². The molecular formula is C35H65NO3. The van der Waals surface area contributed by atoms with Crippen LogP contribution in [0.3, 0.4) is 0 Å². The number of allylic oxidation sites excluding steroid dienone is 5. The molecule has 39 heavy (non-hydrogen) atoms. The van der Waals surface area contributed by atoms with Crippen LogP contribution in [0.1, 0.15) is 162 Å². The summed E-state index contributed by atoms with van der Waals surface area (Å²) in [6.07, 6.45) is 39.3. The number of carbonyl (C=O) groups excluding carboxylic acids is 1. The number of aliphatic hydroxyl groups excluding tert-OH is 2. The molecule has 0 spiro atoms. The third kappa shape index (κ3) is 28.0. The number of rotatable bonds is 29. The number of nitrogens with one attached hydrogen (secondary N) is 1. The van der Waals surface area contributed by atoms with Crippen molar-refractivity contribution >= 4 is 5.91 Å². The summed E-state index contributed by atoms with van der Waals surface area (Å²) >= 11 is 0. The minimum atomic E-state index is -0.861. The highest BCUT2D eigenvalue weighted by atomic mass is 16.3. The summed E-state index contributed by atoms with van der Waals surface area (Å²) < 4.78 is 0. The lowest BCUT2D eigenvalue weighted by Gasteiger charge is -2.19. The number of hydrogen-bond donors (Lipinski definition) is 3. The maximum absolute atomic E-state index is 12.2. The molecule has 2 atom stereocenters. The van der Waals surface area contributed by atoms with E-state index in [4.69, 9.17) is 0 Å². The van der Waals surface area contributed by atoms with E-state index in [1.54, 1.807) is 6.08 Å². The molecule has 0 saturated carbocycles. The normalized spacial score (nSPS) is 13.6. The van der Waals surface area contributed by atoms with E-state index >= 15 is 0 Å². The van der Waals surface area contributed by atoms with Crippen molar-refractivity contribution in [3.05, 3.63) is 36.5 Å². The van der Waals surface area contributed by atoms with Crippen molar-refractivity contribution in [1.82, 2.24) is 5.32 Å². The Morgan fingerprint density at radius 3 is 1.49 bits per heavy atom. The fraction of sp³-hybridized carbons (Fsp3) is 0.800. The van der Waals surface area contributed by atoms with Crippen molar-refractivity contribution in [2.45, 2.75) is 174 Å². The molecule has 0 aromatic heterocycles. The van der Waals surface area contributed by atoms with E-state index in [1.807, 2.05) is 6.08 Å². The van der Waals surface area contributed by atoms with Gasteiger partial charge in [-0.1, -0.05) is 134 Å². The second-order valence-electron chi connectivity index (χ2n) is 11.2. The average Bonchev–Trinajstić information content (AvgIpc) is 2.94. The third-order valence-corrected chi connectivity index (χ3v) is 7.35. The van der Waals surface area contributed by atoms with Gasteiger partial charge in [0.25, 0.3) is 0 Å². The molecule has 3 N–H and O–H groups in total. The number of hydrogen-bond acceptors (Lipinski definition) is 3. The fourth-order valence-corrected chi connectivity index (χ4v) is 4.71. The van der Waals surface area contributed by atoms with Crippen LogP contribution in [-0.4, -0.2) is 34.9 Å². The van der Waals surface area contributed by atoms with Crippen LogP contribution in [0.5, 0.6) is 0 Å². The molecule has 0 aliphatic carbocycles. The Morgan fingerprint density at radius 2 is 1.00 bits per heavy atom. The SMILES string of the molecule is CCCCCCC/C=C/CC/C=C/C(O)C(CO)NC(=O)CCCCCCC/C=C\CCCCCCCCC. The molecule has 0 aromatic rings. The first kappa shape index (κ1) is 37.6. The van der Waals surface area contributed by atoms with Gasteiger partial charge in [-0.25, -0.2) is 0 Å². The molecule has 0 fully saturated rings. The van der Waals surface area contributed by atoms with Gasteiger partial charge in [-0.15, -0.1) is 0 Å². The molecule has 2 unspecified atom stereocenters. The zero-order chi connectivity index (χ0) is 28.7. The van der Waals surface area contributed by atoms with Gasteiger partial charge < -0.3 is 15.5 Å². The van der Waals surface area contributed by atoms with E-state index in [9.17, 15) is 15.0 Å². The lowest BCUT2D eigenvalue weighted by molar-refractivity contribution is -0.123. The van der Waals surface area contributed by atoms with Crippen LogP contribution in [0.2, 0.25) is 0 Å². The highest BCUT2D eigenvalue weighted by molar-refractivity contribution is 5.76. The highest BCUT2D eigenvalue weighted by Gasteiger charge is 2.17. The molecule has 1 amide bonds. The van der Waals surface area contributed by atoms with Crippen molar-refractivity contribution < 1.29 is 15.0 Å². The summed E-state index contributed by atoms with van der Waals surface area (Å²) in [6, 6.07) is -0.639. The standard InChI is InChI=1S/C35H65NO3/c1-3-5-7-9-11-13-15-16-17-18-19-21-23-25-27-29-31-35(39)36-33(32-37)34(38)30-28-26-24-22-20-14-12-10-8-6-4-2/h17-18,20,22,28,30,33-34,37-38H,3-16,19,21,23-27,29,31-32H2,1-2H3,(H,36,39)/b18-17-,22-20+,30-28+. The number of amides is 1. The summed E-state index contributed by atoms with van der Waals surface area (Å²) in [6.45, 7) is 4.24. The summed E-state index contributed by atoms with van der Waals surface area (Å²) in [5.41, 5.74) is 0. The summed E-state index contributed by atoms with van der Waals surface area (Å²) in [5, 5.41) is 22.7. The van der Waals surface area contributed by atoms with Gasteiger partial charge in [0, 0.05) is 6.42 Å². The third-order valence-electron chi connectivity index (χ3n) is 7.35. The Labute approximate surface area is 242 Å². The zero-order valence-electron chi connectivity index (χ0n) is 25.9. The van der Waals surface area contributed by atoms with E-state index in [-0.39, 0.29) is 12.5 Å². The predicted molar refractivity (Wildman–Crippen MR) is 170 cm³/mol. The molecule has 0 bridgehead atoms. The van der Waals surface area contributed by atoms with E-state index in [0.29, 0.717) is 6.42 Å². The first-order valence-corrected chi connectivity index (χ1v) is 16.7. The molecule has 0 heterocycles. The van der Waals surface area contributed by atoms with Gasteiger partial charge in [-0.3, -0.25) is 4.79 Å². The topological polar surface area (TPSA) is 69.6 Å². The lowest BCUT2D eigenvalue weighted by atomic mass is 10.1. The largest absolute Gasteiger partial charge is 0.394 e. The summed E-state index contributed by atoms with van der Waals surface area (Å²) in [5.74, 6) is -0.0864. The average molecular weight is 548 g/mol. The van der Waals surface area contributed by atoms with Gasteiger partial charge in [0.15, 0.2) is 0 Å². The molecule has 228 valence electrons. The molecule has 4 nitrogen and oxygen atoms in total. The maximum Gasteiger partial charge on any atom is 0.220 e. The van der Waals surface area contributed by atoms with E-state index in [0.717, 1.165) is 44.9 Å². The Morgan fingerprint density at radius 1 is 0.590 bits per heavy atom. The predicted octanol–water partition coefficient (Wildman–Crippen LogP) is 9.51. The molecule has 0 aliphatic rings. The summed E-state index contributed by atoms with van der Waals surface area (Å²) in [7, 11) is 0. The van der Waals surface area contributed by atoms with E-state index < -0.39 is 12.1 Å². The first-order chi connectivity index (χ1) is 19.2. The molecule has 4 heteroatoms. The monoisotopic (exact) mass is 547 g/mol. The second-order valence-corrected chi connectivity index (χ2v) is 11.2. The number of aliphatic hydroxyl groups is 2. The van der Waals surface area contributed by atoms with Crippen LogP contribution < -0.4 is 5.32 Å². The first-order valence-electron chi connectivity index (χ1n) is 16.7.